The molecule has 0 radical (unpaired) electrons. The summed E-state index contributed by atoms with van der Waals surface area (Å²) in [6.07, 6.45) is -4.85. The Morgan fingerprint density at radius 3 is 2.11 bits per heavy atom. The molecule has 2 rings (SSSR count). The van der Waals surface area contributed by atoms with Gasteiger partial charge in [-0.3, -0.25) is 4.72 Å². The lowest BCUT2D eigenvalue weighted by atomic mass is 10.2. The van der Waals surface area contributed by atoms with Gasteiger partial charge >= 0.3 is 6.18 Å². The maximum Gasteiger partial charge on any atom is 0.418 e. The number of rotatable bonds is 5. The van der Waals surface area contributed by atoms with E-state index in [1.165, 1.54) is 26.2 Å². The molecule has 1 N–H and O–H groups in total. The first-order chi connectivity index (χ1) is 12.2. The van der Waals surface area contributed by atoms with Crippen LogP contribution in [0.3, 0.4) is 0 Å². The first kappa shape index (κ1) is 21.5. The molecular formula is C15H14ClF3N2O4S2. The van der Waals surface area contributed by atoms with E-state index in [1.54, 1.807) is 0 Å². The van der Waals surface area contributed by atoms with Gasteiger partial charge in [-0.15, -0.1) is 0 Å². The van der Waals surface area contributed by atoms with Gasteiger partial charge in [0.05, 0.1) is 21.0 Å². The first-order valence-corrected chi connectivity index (χ1v) is 10.5. The third-order valence-corrected chi connectivity index (χ3v) is 6.84. The summed E-state index contributed by atoms with van der Waals surface area (Å²) in [6.45, 7) is 0. The minimum atomic E-state index is -4.85. The summed E-state index contributed by atoms with van der Waals surface area (Å²) in [5.74, 6) is 0. The van der Waals surface area contributed by atoms with Gasteiger partial charge in [0.25, 0.3) is 10.0 Å². The fraction of sp³-hybridized carbons (Fsp3) is 0.200. The normalized spacial score (nSPS) is 13.0. The minimum absolute atomic E-state index is 0.218. The summed E-state index contributed by atoms with van der Waals surface area (Å²) in [6, 6.07) is 6.85. The zero-order valence-electron chi connectivity index (χ0n) is 14.0. The van der Waals surface area contributed by atoms with Crippen LogP contribution in [0.25, 0.3) is 0 Å². The van der Waals surface area contributed by atoms with Gasteiger partial charge in [0.1, 0.15) is 0 Å². The molecule has 0 heterocycles. The fourth-order valence-corrected chi connectivity index (χ4v) is 4.38. The topological polar surface area (TPSA) is 83.6 Å². The standard InChI is InChI=1S/C15H14ClF3N2O4S2/c1-21(2)27(24,25)12-5-3-4-11(9-12)26(22,23)20-14-7-6-10(16)8-13(14)15(17,18)19/h3-9,20H,1-2H3. The molecule has 0 bridgehead atoms. The van der Waals surface area contributed by atoms with Crippen LogP contribution in [-0.4, -0.2) is 35.2 Å². The molecular weight excluding hydrogens is 429 g/mol. The Kier molecular flexibility index (Phi) is 5.81. The van der Waals surface area contributed by atoms with E-state index in [9.17, 15) is 30.0 Å². The third kappa shape index (κ3) is 4.72. The van der Waals surface area contributed by atoms with Crippen molar-refractivity contribution in [1.82, 2.24) is 4.31 Å². The van der Waals surface area contributed by atoms with E-state index in [0.29, 0.717) is 6.07 Å². The number of anilines is 1. The number of alkyl halides is 3. The Hall–Kier alpha value is -1.82. The molecule has 6 nitrogen and oxygen atoms in total. The van der Waals surface area contributed by atoms with Gasteiger partial charge in [-0.1, -0.05) is 17.7 Å². The number of nitrogens with one attached hydrogen (secondary N) is 1. The number of hydrogen-bond acceptors (Lipinski definition) is 4. The summed E-state index contributed by atoms with van der Waals surface area (Å²) < 4.78 is 91.4. The van der Waals surface area contributed by atoms with Crippen molar-refractivity contribution in [1.29, 1.82) is 0 Å². The second kappa shape index (κ2) is 7.30. The Bertz CT molecular complexity index is 1070. The summed E-state index contributed by atoms with van der Waals surface area (Å²) in [5.41, 5.74) is -2.00. The smallest absolute Gasteiger partial charge is 0.279 e. The maximum absolute atomic E-state index is 13.1. The largest absolute Gasteiger partial charge is 0.418 e. The highest BCUT2D eigenvalue weighted by molar-refractivity contribution is 7.93. The molecule has 12 heteroatoms. The van der Waals surface area contributed by atoms with Crippen LogP contribution in [0, 0.1) is 0 Å². The van der Waals surface area contributed by atoms with Crippen LogP contribution in [-0.2, 0) is 26.2 Å². The Morgan fingerprint density at radius 2 is 1.56 bits per heavy atom. The summed E-state index contributed by atoms with van der Waals surface area (Å²) in [4.78, 5) is -0.823. The lowest BCUT2D eigenvalue weighted by molar-refractivity contribution is -0.136. The van der Waals surface area contributed by atoms with Crippen molar-refractivity contribution in [3.05, 3.63) is 53.1 Å². The summed E-state index contributed by atoms with van der Waals surface area (Å²) in [5, 5.41) is -0.218. The van der Waals surface area contributed by atoms with Crippen molar-refractivity contribution in [2.75, 3.05) is 18.8 Å². The van der Waals surface area contributed by atoms with E-state index in [0.717, 1.165) is 28.6 Å². The molecule has 0 unspecified atom stereocenters. The molecule has 0 saturated heterocycles. The number of halogens is 4. The number of nitrogens with zero attached hydrogens (tertiary/aromatic N) is 1. The second-order valence-electron chi connectivity index (χ2n) is 5.56. The molecule has 0 saturated carbocycles. The molecule has 0 aliphatic heterocycles. The van der Waals surface area contributed by atoms with Crippen molar-refractivity contribution in [2.24, 2.45) is 0 Å². The van der Waals surface area contributed by atoms with Crippen molar-refractivity contribution in [2.45, 2.75) is 16.0 Å². The molecule has 148 valence electrons. The predicted octanol–water partition coefficient (Wildman–Crippen LogP) is 3.41. The first-order valence-electron chi connectivity index (χ1n) is 7.17. The molecule has 0 atom stereocenters. The van der Waals surface area contributed by atoms with Crippen LogP contribution < -0.4 is 4.72 Å². The predicted molar refractivity (Wildman–Crippen MR) is 94.6 cm³/mol. The van der Waals surface area contributed by atoms with E-state index in [4.69, 9.17) is 11.6 Å². The molecule has 0 aliphatic rings. The quantitative estimate of drug-likeness (QED) is 0.769. The lowest BCUT2D eigenvalue weighted by Gasteiger charge is -2.16. The molecule has 0 fully saturated rings. The number of hydrogen-bond donors (Lipinski definition) is 1. The van der Waals surface area contributed by atoms with Crippen LogP contribution in [0.2, 0.25) is 5.02 Å². The lowest BCUT2D eigenvalue weighted by Crippen LogP contribution is -2.23. The Morgan fingerprint density at radius 1 is 0.963 bits per heavy atom. The van der Waals surface area contributed by atoms with Gasteiger partial charge in [-0.25, -0.2) is 21.1 Å². The zero-order chi connectivity index (χ0) is 20.6. The summed E-state index contributed by atoms with van der Waals surface area (Å²) in [7, 11) is -5.90. The van der Waals surface area contributed by atoms with Crippen LogP contribution in [0.15, 0.2) is 52.3 Å². The third-order valence-electron chi connectivity index (χ3n) is 3.43. The van der Waals surface area contributed by atoms with Crippen LogP contribution in [0.1, 0.15) is 5.56 Å². The Labute approximate surface area is 159 Å². The molecule has 27 heavy (non-hydrogen) atoms. The maximum atomic E-state index is 13.1. The molecule has 0 aromatic heterocycles. The fourth-order valence-electron chi connectivity index (χ4n) is 2.06. The molecule has 2 aromatic rings. The van der Waals surface area contributed by atoms with Crippen LogP contribution in [0.4, 0.5) is 18.9 Å². The van der Waals surface area contributed by atoms with E-state index in [2.05, 4.69) is 0 Å². The molecule has 0 spiro atoms. The van der Waals surface area contributed by atoms with E-state index in [1.807, 2.05) is 4.72 Å². The average molecular weight is 443 g/mol. The van der Waals surface area contributed by atoms with Gasteiger partial charge in [0, 0.05) is 19.1 Å². The zero-order valence-corrected chi connectivity index (χ0v) is 16.3. The van der Waals surface area contributed by atoms with Gasteiger partial charge in [0.15, 0.2) is 0 Å². The van der Waals surface area contributed by atoms with Crippen molar-refractivity contribution < 1.29 is 30.0 Å². The molecule has 0 amide bonds. The van der Waals surface area contributed by atoms with Gasteiger partial charge in [-0.05, 0) is 36.4 Å². The van der Waals surface area contributed by atoms with Crippen LogP contribution >= 0.6 is 11.6 Å². The number of sulfonamides is 2. The van der Waals surface area contributed by atoms with Crippen molar-refractivity contribution in [3.8, 4) is 0 Å². The molecule has 0 aliphatic carbocycles. The van der Waals surface area contributed by atoms with Gasteiger partial charge in [-0.2, -0.15) is 13.2 Å². The minimum Gasteiger partial charge on any atom is -0.279 e. The monoisotopic (exact) mass is 442 g/mol. The number of benzene rings is 2. The highest BCUT2D eigenvalue weighted by Gasteiger charge is 2.35. The second-order valence-corrected chi connectivity index (χ2v) is 9.83. The average Bonchev–Trinajstić information content (AvgIpc) is 2.55. The van der Waals surface area contributed by atoms with Gasteiger partial charge in [0.2, 0.25) is 10.0 Å². The van der Waals surface area contributed by atoms with Gasteiger partial charge < -0.3 is 0 Å². The van der Waals surface area contributed by atoms with E-state index < -0.39 is 42.4 Å². The summed E-state index contributed by atoms with van der Waals surface area (Å²) >= 11 is 5.56. The SMILES string of the molecule is CN(C)S(=O)(=O)c1cccc(S(=O)(=O)Nc2ccc(Cl)cc2C(F)(F)F)c1. The van der Waals surface area contributed by atoms with E-state index >= 15 is 0 Å². The van der Waals surface area contributed by atoms with E-state index in [-0.39, 0.29) is 9.92 Å². The van der Waals surface area contributed by atoms with Crippen LogP contribution in [0.5, 0.6) is 0 Å². The Balaban J connectivity index is 2.51. The molecule has 2 aromatic carbocycles. The van der Waals surface area contributed by atoms with Crippen molar-refractivity contribution >= 4 is 37.3 Å². The highest BCUT2D eigenvalue weighted by Crippen LogP contribution is 2.37. The highest BCUT2D eigenvalue weighted by atomic mass is 35.5. The van der Waals surface area contributed by atoms with Crippen molar-refractivity contribution in [3.63, 3.8) is 0 Å².